The fourth-order valence-corrected chi connectivity index (χ4v) is 5.50. The zero-order chi connectivity index (χ0) is 21.6. The number of ether oxygens (including phenoxy) is 1. The highest BCUT2D eigenvalue weighted by atomic mass is 35.5. The van der Waals surface area contributed by atoms with E-state index >= 15 is 0 Å². The number of hydrogen-bond acceptors (Lipinski definition) is 6. The molecule has 0 bridgehead atoms. The Bertz CT molecular complexity index is 1030. The van der Waals surface area contributed by atoms with Gasteiger partial charge in [0, 0.05) is 54.1 Å². The molecule has 0 N–H and O–H groups in total. The minimum Gasteiger partial charge on any atom is -0.497 e. The lowest BCUT2D eigenvalue weighted by atomic mass is 10.2. The smallest absolute Gasteiger partial charge is 0.228 e. The van der Waals surface area contributed by atoms with Crippen LogP contribution in [0.2, 0.25) is 5.02 Å². The fourth-order valence-electron chi connectivity index (χ4n) is 3.50. The molecule has 3 aromatic rings. The molecule has 1 aliphatic heterocycles. The molecule has 1 aromatic heterocycles. The third-order valence-electron chi connectivity index (χ3n) is 5.17. The summed E-state index contributed by atoms with van der Waals surface area (Å²) < 4.78 is 6.29. The average Bonchev–Trinajstić information content (AvgIpc) is 3.25. The number of rotatable bonds is 7. The van der Waals surface area contributed by atoms with Crippen molar-refractivity contribution < 1.29 is 9.53 Å². The van der Waals surface area contributed by atoms with Crippen molar-refractivity contribution in [1.82, 2.24) is 9.88 Å². The van der Waals surface area contributed by atoms with Crippen molar-refractivity contribution in [2.75, 3.05) is 38.2 Å². The predicted octanol–water partition coefficient (Wildman–Crippen LogP) is 4.99. The van der Waals surface area contributed by atoms with E-state index in [1.165, 1.54) is 5.56 Å². The molecular formula is C23H24ClN3O2S2. The molecule has 1 fully saturated rings. The maximum Gasteiger partial charge on any atom is 0.228 e. The summed E-state index contributed by atoms with van der Waals surface area (Å²) in [5.74, 6) is 1.80. The standard InChI is InChI=1S/C23H24ClN3O2S2/c1-29-21-7-3-6-20(14-21)26-8-10-27(11-9-26)22(28)13-19-16-31-23(25-19)30-15-17-4-2-5-18(24)12-17/h2-7,12,14,16H,8-11,13,15H2,1H3. The van der Waals surface area contributed by atoms with Crippen molar-refractivity contribution in [3.05, 3.63) is 70.2 Å². The quantitative estimate of drug-likeness (QED) is 0.452. The molecule has 0 atom stereocenters. The van der Waals surface area contributed by atoms with Crippen molar-refractivity contribution in [2.24, 2.45) is 0 Å². The molecule has 2 heterocycles. The Labute approximate surface area is 196 Å². The fraction of sp³-hybridized carbons (Fsp3) is 0.304. The first-order valence-electron chi connectivity index (χ1n) is 10.1. The van der Waals surface area contributed by atoms with E-state index in [0.29, 0.717) is 6.42 Å². The van der Waals surface area contributed by atoms with Crippen molar-refractivity contribution in [3.63, 3.8) is 0 Å². The van der Waals surface area contributed by atoms with Crippen LogP contribution in [-0.2, 0) is 17.0 Å². The van der Waals surface area contributed by atoms with E-state index in [-0.39, 0.29) is 5.91 Å². The highest BCUT2D eigenvalue weighted by Gasteiger charge is 2.22. The van der Waals surface area contributed by atoms with E-state index in [1.54, 1.807) is 30.2 Å². The number of benzene rings is 2. The summed E-state index contributed by atoms with van der Waals surface area (Å²) in [6.07, 6.45) is 0.355. The highest BCUT2D eigenvalue weighted by Crippen LogP contribution is 2.27. The molecule has 4 rings (SSSR count). The van der Waals surface area contributed by atoms with Gasteiger partial charge in [-0.1, -0.05) is 41.6 Å². The predicted molar refractivity (Wildman–Crippen MR) is 129 cm³/mol. The molecule has 1 amide bonds. The number of carbonyl (C=O) groups excluding carboxylic acids is 1. The van der Waals surface area contributed by atoms with Gasteiger partial charge < -0.3 is 14.5 Å². The number of hydrogen-bond donors (Lipinski definition) is 0. The van der Waals surface area contributed by atoms with E-state index in [0.717, 1.165) is 58.4 Å². The van der Waals surface area contributed by atoms with E-state index < -0.39 is 0 Å². The van der Waals surface area contributed by atoms with Crippen molar-refractivity contribution in [2.45, 2.75) is 16.5 Å². The molecule has 8 heteroatoms. The van der Waals surface area contributed by atoms with Gasteiger partial charge in [-0.25, -0.2) is 4.98 Å². The molecule has 1 saturated heterocycles. The molecule has 1 aliphatic rings. The third kappa shape index (κ3) is 5.93. The van der Waals surface area contributed by atoms with Crippen LogP contribution in [0.5, 0.6) is 5.75 Å². The van der Waals surface area contributed by atoms with Crippen LogP contribution in [0.25, 0.3) is 0 Å². The van der Waals surface area contributed by atoms with Gasteiger partial charge in [0.2, 0.25) is 5.91 Å². The topological polar surface area (TPSA) is 45.7 Å². The zero-order valence-corrected chi connectivity index (χ0v) is 19.7. The minimum atomic E-state index is 0.141. The van der Waals surface area contributed by atoms with Crippen molar-refractivity contribution in [3.8, 4) is 5.75 Å². The lowest BCUT2D eigenvalue weighted by molar-refractivity contribution is -0.130. The largest absolute Gasteiger partial charge is 0.497 e. The number of piperazine rings is 1. The molecule has 0 saturated carbocycles. The maximum atomic E-state index is 12.8. The van der Waals surface area contributed by atoms with Gasteiger partial charge in [-0.2, -0.15) is 0 Å². The molecule has 162 valence electrons. The van der Waals surface area contributed by atoms with Crippen LogP contribution in [-0.4, -0.2) is 49.1 Å². The lowest BCUT2D eigenvalue weighted by Gasteiger charge is -2.36. The van der Waals surface area contributed by atoms with Gasteiger partial charge in [-0.15, -0.1) is 11.3 Å². The summed E-state index contributed by atoms with van der Waals surface area (Å²) >= 11 is 9.31. The van der Waals surface area contributed by atoms with E-state index in [1.807, 2.05) is 46.7 Å². The van der Waals surface area contributed by atoms with Crippen LogP contribution in [0.1, 0.15) is 11.3 Å². The van der Waals surface area contributed by atoms with Gasteiger partial charge in [-0.05, 0) is 29.8 Å². The number of nitrogens with zero attached hydrogens (tertiary/aromatic N) is 3. The van der Waals surface area contributed by atoms with Gasteiger partial charge in [0.15, 0.2) is 0 Å². The molecule has 0 radical (unpaired) electrons. The van der Waals surface area contributed by atoms with E-state index in [9.17, 15) is 4.79 Å². The van der Waals surface area contributed by atoms with Crippen LogP contribution < -0.4 is 9.64 Å². The molecule has 2 aromatic carbocycles. The summed E-state index contributed by atoms with van der Waals surface area (Å²) in [5, 5.41) is 2.74. The summed E-state index contributed by atoms with van der Waals surface area (Å²) in [7, 11) is 1.68. The van der Waals surface area contributed by atoms with E-state index in [2.05, 4.69) is 22.0 Å². The molecule has 0 unspecified atom stereocenters. The van der Waals surface area contributed by atoms with Gasteiger partial charge in [0.05, 0.1) is 19.2 Å². The Morgan fingerprint density at radius 2 is 1.97 bits per heavy atom. The Balaban J connectivity index is 1.26. The molecule has 31 heavy (non-hydrogen) atoms. The SMILES string of the molecule is COc1cccc(N2CCN(C(=O)Cc3csc(SCc4cccc(Cl)c4)n3)CC2)c1. The van der Waals surface area contributed by atoms with Crippen LogP contribution in [0.15, 0.2) is 58.3 Å². The Morgan fingerprint density at radius 3 is 2.74 bits per heavy atom. The van der Waals surface area contributed by atoms with Gasteiger partial charge in [0.1, 0.15) is 10.1 Å². The Morgan fingerprint density at radius 1 is 1.16 bits per heavy atom. The van der Waals surface area contributed by atoms with Gasteiger partial charge in [-0.3, -0.25) is 4.79 Å². The molecule has 0 aliphatic carbocycles. The summed E-state index contributed by atoms with van der Waals surface area (Å²) in [6, 6.07) is 15.9. The van der Waals surface area contributed by atoms with Gasteiger partial charge >= 0.3 is 0 Å². The first kappa shape index (κ1) is 22.0. The molecule has 5 nitrogen and oxygen atoms in total. The number of amides is 1. The monoisotopic (exact) mass is 473 g/mol. The van der Waals surface area contributed by atoms with Crippen LogP contribution in [0.3, 0.4) is 0 Å². The zero-order valence-electron chi connectivity index (χ0n) is 17.3. The Kier molecular flexibility index (Phi) is 7.37. The second kappa shape index (κ2) is 10.4. The highest BCUT2D eigenvalue weighted by molar-refractivity contribution is 8.00. The van der Waals surface area contributed by atoms with Crippen molar-refractivity contribution >= 4 is 46.3 Å². The number of thiazole rings is 1. The molecule has 0 spiro atoms. The summed E-state index contributed by atoms with van der Waals surface area (Å²) in [4.78, 5) is 21.6. The summed E-state index contributed by atoms with van der Waals surface area (Å²) in [5.41, 5.74) is 3.14. The third-order valence-corrected chi connectivity index (χ3v) is 7.54. The van der Waals surface area contributed by atoms with E-state index in [4.69, 9.17) is 16.3 Å². The van der Waals surface area contributed by atoms with Gasteiger partial charge in [0.25, 0.3) is 0 Å². The van der Waals surface area contributed by atoms with Crippen LogP contribution in [0.4, 0.5) is 5.69 Å². The number of methoxy groups -OCH3 is 1. The summed E-state index contributed by atoms with van der Waals surface area (Å²) in [6.45, 7) is 3.07. The van der Waals surface area contributed by atoms with Crippen LogP contribution in [0, 0.1) is 0 Å². The lowest BCUT2D eigenvalue weighted by Crippen LogP contribution is -2.49. The second-order valence-electron chi connectivity index (χ2n) is 7.27. The van der Waals surface area contributed by atoms with Crippen LogP contribution >= 0.6 is 34.7 Å². The van der Waals surface area contributed by atoms with Crippen molar-refractivity contribution in [1.29, 1.82) is 0 Å². The minimum absolute atomic E-state index is 0.141. The second-order valence-corrected chi connectivity index (χ2v) is 9.79. The number of halogens is 1. The number of thioether (sulfide) groups is 1. The number of carbonyl (C=O) groups is 1. The first-order valence-corrected chi connectivity index (χ1v) is 12.3. The first-order chi connectivity index (χ1) is 15.1. The maximum absolute atomic E-state index is 12.8. The molecular weight excluding hydrogens is 450 g/mol. The number of aromatic nitrogens is 1. The average molecular weight is 474 g/mol. The number of anilines is 1. The Hall–Kier alpha value is -2.22. The normalized spacial score (nSPS) is 14.0.